The SMILES string of the molecule is CCOC(=O)c1c(C)noc1NC(=O)C(C)(C)CCl. The molecule has 0 aliphatic carbocycles. The Kier molecular flexibility index (Phi) is 4.94. The highest BCUT2D eigenvalue weighted by Gasteiger charge is 2.30. The van der Waals surface area contributed by atoms with Crippen molar-refractivity contribution in [3.8, 4) is 0 Å². The summed E-state index contributed by atoms with van der Waals surface area (Å²) in [6.07, 6.45) is 0. The first kappa shape index (κ1) is 15.5. The van der Waals surface area contributed by atoms with Crippen molar-refractivity contribution in [2.75, 3.05) is 17.8 Å². The van der Waals surface area contributed by atoms with E-state index in [4.69, 9.17) is 20.9 Å². The van der Waals surface area contributed by atoms with Crippen LogP contribution in [-0.4, -0.2) is 29.5 Å². The Morgan fingerprint density at radius 3 is 2.63 bits per heavy atom. The lowest BCUT2D eigenvalue weighted by molar-refractivity contribution is -0.123. The number of hydrogen-bond acceptors (Lipinski definition) is 5. The van der Waals surface area contributed by atoms with E-state index in [-0.39, 0.29) is 29.8 Å². The van der Waals surface area contributed by atoms with Crippen LogP contribution in [0.3, 0.4) is 0 Å². The standard InChI is InChI=1S/C12H17ClN2O4/c1-5-18-10(16)8-7(2)15-19-9(8)14-11(17)12(3,4)6-13/h5-6H2,1-4H3,(H,14,17). The molecule has 0 aliphatic heterocycles. The number of amides is 1. The molecule has 0 bridgehead atoms. The van der Waals surface area contributed by atoms with Gasteiger partial charge in [-0.1, -0.05) is 5.16 Å². The maximum absolute atomic E-state index is 12.0. The molecule has 0 aliphatic rings. The van der Waals surface area contributed by atoms with Gasteiger partial charge in [-0.3, -0.25) is 10.1 Å². The maximum atomic E-state index is 12.0. The molecule has 6 nitrogen and oxygen atoms in total. The number of nitrogens with zero attached hydrogens (tertiary/aromatic N) is 1. The van der Waals surface area contributed by atoms with Gasteiger partial charge in [0.2, 0.25) is 11.8 Å². The number of anilines is 1. The summed E-state index contributed by atoms with van der Waals surface area (Å²) in [5.41, 5.74) is -0.299. The van der Waals surface area contributed by atoms with E-state index in [1.54, 1.807) is 27.7 Å². The van der Waals surface area contributed by atoms with E-state index in [2.05, 4.69) is 10.5 Å². The largest absolute Gasteiger partial charge is 0.462 e. The number of aromatic nitrogens is 1. The van der Waals surface area contributed by atoms with Crippen LogP contribution in [0.25, 0.3) is 0 Å². The van der Waals surface area contributed by atoms with Crippen molar-refractivity contribution >= 4 is 29.4 Å². The van der Waals surface area contributed by atoms with Crippen LogP contribution in [0.1, 0.15) is 36.8 Å². The molecule has 1 N–H and O–H groups in total. The molecule has 1 amide bonds. The molecular weight excluding hydrogens is 272 g/mol. The third kappa shape index (κ3) is 3.47. The lowest BCUT2D eigenvalue weighted by Crippen LogP contribution is -2.32. The van der Waals surface area contributed by atoms with Gasteiger partial charge in [0.15, 0.2) is 0 Å². The zero-order valence-corrected chi connectivity index (χ0v) is 12.1. The van der Waals surface area contributed by atoms with Gasteiger partial charge in [-0.25, -0.2) is 4.79 Å². The zero-order chi connectivity index (χ0) is 14.6. The number of carbonyl (C=O) groups excluding carboxylic acids is 2. The van der Waals surface area contributed by atoms with Gasteiger partial charge in [-0.15, -0.1) is 11.6 Å². The van der Waals surface area contributed by atoms with Gasteiger partial charge in [0, 0.05) is 5.88 Å². The van der Waals surface area contributed by atoms with Crippen molar-refractivity contribution in [3.63, 3.8) is 0 Å². The van der Waals surface area contributed by atoms with Crippen LogP contribution in [0.2, 0.25) is 0 Å². The molecule has 0 radical (unpaired) electrons. The first-order valence-corrected chi connectivity index (χ1v) is 6.37. The number of rotatable bonds is 5. The summed E-state index contributed by atoms with van der Waals surface area (Å²) in [5, 5.41) is 6.17. The summed E-state index contributed by atoms with van der Waals surface area (Å²) < 4.78 is 9.83. The van der Waals surface area contributed by atoms with E-state index in [1.165, 1.54) is 0 Å². The Morgan fingerprint density at radius 1 is 1.47 bits per heavy atom. The second-order valence-electron chi connectivity index (χ2n) is 4.66. The number of carbonyl (C=O) groups is 2. The lowest BCUT2D eigenvalue weighted by atomic mass is 9.95. The molecular formula is C12H17ClN2O4. The molecule has 0 atom stereocenters. The van der Waals surface area contributed by atoms with Crippen molar-refractivity contribution in [2.45, 2.75) is 27.7 Å². The van der Waals surface area contributed by atoms with E-state index < -0.39 is 11.4 Å². The van der Waals surface area contributed by atoms with Crippen LogP contribution in [0, 0.1) is 12.3 Å². The van der Waals surface area contributed by atoms with Crippen LogP contribution in [0.4, 0.5) is 5.88 Å². The fourth-order valence-electron chi connectivity index (χ4n) is 1.23. The maximum Gasteiger partial charge on any atom is 0.345 e. The average Bonchev–Trinajstić information content (AvgIpc) is 2.70. The molecule has 0 saturated heterocycles. The van der Waals surface area contributed by atoms with Crippen molar-refractivity contribution in [3.05, 3.63) is 11.3 Å². The van der Waals surface area contributed by atoms with Crippen LogP contribution < -0.4 is 5.32 Å². The summed E-state index contributed by atoms with van der Waals surface area (Å²) in [6, 6.07) is 0. The molecule has 1 aromatic heterocycles. The molecule has 106 valence electrons. The molecule has 0 fully saturated rings. The second kappa shape index (κ2) is 6.06. The number of halogens is 1. The van der Waals surface area contributed by atoms with Crippen molar-refractivity contribution < 1.29 is 18.8 Å². The quantitative estimate of drug-likeness (QED) is 0.664. The smallest absolute Gasteiger partial charge is 0.345 e. The van der Waals surface area contributed by atoms with Gasteiger partial charge in [0.1, 0.15) is 5.56 Å². The molecule has 1 aromatic rings. The summed E-state index contributed by atoms with van der Waals surface area (Å²) >= 11 is 5.71. The molecule has 1 heterocycles. The topological polar surface area (TPSA) is 81.4 Å². The molecule has 0 saturated carbocycles. The minimum atomic E-state index is -0.784. The Bertz CT molecular complexity index is 482. The minimum Gasteiger partial charge on any atom is -0.462 e. The molecule has 0 spiro atoms. The normalized spacial score (nSPS) is 11.2. The Morgan fingerprint density at radius 2 is 2.11 bits per heavy atom. The van der Waals surface area contributed by atoms with Gasteiger partial charge in [-0.2, -0.15) is 0 Å². The fourth-order valence-corrected chi connectivity index (χ4v) is 1.35. The first-order valence-electron chi connectivity index (χ1n) is 5.84. The second-order valence-corrected chi connectivity index (χ2v) is 4.93. The van der Waals surface area contributed by atoms with Crippen LogP contribution in [0.5, 0.6) is 0 Å². The number of ether oxygens (including phenoxy) is 1. The molecule has 1 rings (SSSR count). The zero-order valence-electron chi connectivity index (χ0n) is 11.4. The third-order valence-corrected chi connectivity index (χ3v) is 3.19. The monoisotopic (exact) mass is 288 g/mol. The van der Waals surface area contributed by atoms with Crippen molar-refractivity contribution in [1.82, 2.24) is 5.16 Å². The van der Waals surface area contributed by atoms with Crippen LogP contribution in [0.15, 0.2) is 4.52 Å². The summed E-state index contributed by atoms with van der Waals surface area (Å²) in [6.45, 7) is 6.88. The Hall–Kier alpha value is -1.56. The Balaban J connectivity index is 2.97. The van der Waals surface area contributed by atoms with Gasteiger partial charge in [0.25, 0.3) is 0 Å². The van der Waals surface area contributed by atoms with Crippen molar-refractivity contribution in [2.24, 2.45) is 5.41 Å². The van der Waals surface area contributed by atoms with E-state index >= 15 is 0 Å². The first-order chi connectivity index (χ1) is 8.83. The number of esters is 1. The minimum absolute atomic E-state index is 0.0147. The molecule has 0 aromatic carbocycles. The van der Waals surface area contributed by atoms with Crippen LogP contribution >= 0.6 is 11.6 Å². The van der Waals surface area contributed by atoms with E-state index in [9.17, 15) is 9.59 Å². The summed E-state index contributed by atoms with van der Waals surface area (Å²) in [4.78, 5) is 23.7. The van der Waals surface area contributed by atoms with Gasteiger partial charge < -0.3 is 9.26 Å². The highest BCUT2D eigenvalue weighted by atomic mass is 35.5. The number of alkyl halides is 1. The van der Waals surface area contributed by atoms with Gasteiger partial charge in [0.05, 0.1) is 17.7 Å². The highest BCUT2D eigenvalue weighted by molar-refractivity contribution is 6.20. The molecule has 7 heteroatoms. The molecule has 19 heavy (non-hydrogen) atoms. The Labute approximate surface area is 116 Å². The third-order valence-electron chi connectivity index (χ3n) is 2.52. The van der Waals surface area contributed by atoms with Gasteiger partial charge in [-0.05, 0) is 27.7 Å². The predicted octanol–water partition coefficient (Wildman–Crippen LogP) is 2.36. The number of hydrogen-bond donors (Lipinski definition) is 1. The van der Waals surface area contributed by atoms with E-state index in [0.717, 1.165) is 0 Å². The lowest BCUT2D eigenvalue weighted by Gasteiger charge is -2.19. The van der Waals surface area contributed by atoms with E-state index in [1.807, 2.05) is 0 Å². The average molecular weight is 289 g/mol. The summed E-state index contributed by atoms with van der Waals surface area (Å²) in [7, 11) is 0. The molecule has 0 unspecified atom stereocenters. The number of nitrogens with one attached hydrogen (secondary N) is 1. The predicted molar refractivity (Wildman–Crippen MR) is 70.3 cm³/mol. The van der Waals surface area contributed by atoms with E-state index in [0.29, 0.717) is 5.69 Å². The highest BCUT2D eigenvalue weighted by Crippen LogP contribution is 2.24. The van der Waals surface area contributed by atoms with Gasteiger partial charge >= 0.3 is 5.97 Å². The van der Waals surface area contributed by atoms with Crippen LogP contribution in [-0.2, 0) is 9.53 Å². The fraction of sp³-hybridized carbons (Fsp3) is 0.583. The number of aryl methyl sites for hydroxylation is 1. The van der Waals surface area contributed by atoms with Crippen molar-refractivity contribution in [1.29, 1.82) is 0 Å². The summed E-state index contributed by atoms with van der Waals surface area (Å²) in [5.74, 6) is -0.815.